The van der Waals surface area contributed by atoms with E-state index in [0.29, 0.717) is 6.04 Å². The van der Waals surface area contributed by atoms with Crippen molar-refractivity contribution in [2.24, 2.45) is 0 Å². The van der Waals surface area contributed by atoms with Gasteiger partial charge < -0.3 is 10.2 Å². The summed E-state index contributed by atoms with van der Waals surface area (Å²) in [7, 11) is 0. The van der Waals surface area contributed by atoms with Gasteiger partial charge in [-0.05, 0) is 44.7 Å². The second kappa shape index (κ2) is 6.29. The molecule has 1 aliphatic heterocycles. The molecule has 1 N–H and O–H groups in total. The number of piperidine rings is 1. The van der Waals surface area contributed by atoms with Gasteiger partial charge >= 0.3 is 0 Å². The van der Waals surface area contributed by atoms with E-state index in [2.05, 4.69) is 47.2 Å². The number of rotatable bonds is 4. The highest BCUT2D eigenvalue weighted by atomic mass is 15.2. The van der Waals surface area contributed by atoms with Gasteiger partial charge in [0, 0.05) is 24.5 Å². The molecule has 1 unspecified atom stereocenters. The first-order valence-electron chi connectivity index (χ1n) is 8.07. The van der Waals surface area contributed by atoms with Crippen LogP contribution in [-0.2, 0) is 0 Å². The topological polar surface area (TPSA) is 41.1 Å². The minimum Gasteiger partial charge on any atom is -0.354 e. The lowest BCUT2D eigenvalue weighted by Crippen LogP contribution is -2.38. The molecule has 4 nitrogen and oxygen atoms in total. The molecule has 0 spiro atoms. The fraction of sp³-hybridized carbons (Fsp3) is 0.529. The molecule has 0 amide bonds. The summed E-state index contributed by atoms with van der Waals surface area (Å²) in [6.07, 6.45) is 4.89. The number of hydrogen-bond donors (Lipinski definition) is 1. The lowest BCUT2D eigenvalue weighted by molar-refractivity contribution is 0.482. The molecule has 1 saturated heterocycles. The number of para-hydroxylation sites is 1. The summed E-state index contributed by atoms with van der Waals surface area (Å²) < 4.78 is 0. The number of anilines is 2. The van der Waals surface area contributed by atoms with Crippen LogP contribution in [-0.4, -0.2) is 29.1 Å². The molecule has 1 atom stereocenters. The average Bonchev–Trinajstić information content (AvgIpc) is 2.52. The van der Waals surface area contributed by atoms with E-state index < -0.39 is 0 Å². The van der Waals surface area contributed by atoms with Crippen LogP contribution in [0.3, 0.4) is 0 Å². The molecule has 0 saturated carbocycles. The highest BCUT2D eigenvalue weighted by Crippen LogP contribution is 2.30. The number of hydrogen-bond acceptors (Lipinski definition) is 4. The van der Waals surface area contributed by atoms with E-state index in [0.717, 1.165) is 42.2 Å². The third-order valence-electron chi connectivity index (χ3n) is 4.19. The van der Waals surface area contributed by atoms with Gasteiger partial charge in [0.25, 0.3) is 0 Å². The third kappa shape index (κ3) is 2.94. The van der Waals surface area contributed by atoms with Crippen LogP contribution < -0.4 is 10.2 Å². The van der Waals surface area contributed by atoms with Crippen molar-refractivity contribution < 1.29 is 0 Å². The number of nitrogens with zero attached hydrogens (tertiary/aromatic N) is 3. The van der Waals surface area contributed by atoms with E-state index in [9.17, 15) is 0 Å². The zero-order valence-electron chi connectivity index (χ0n) is 13.0. The van der Waals surface area contributed by atoms with Crippen LogP contribution in [0.15, 0.2) is 24.3 Å². The van der Waals surface area contributed by atoms with Crippen molar-refractivity contribution in [2.45, 2.75) is 45.6 Å². The Kier molecular flexibility index (Phi) is 4.23. The van der Waals surface area contributed by atoms with Crippen LogP contribution in [0.4, 0.5) is 11.8 Å². The van der Waals surface area contributed by atoms with Crippen LogP contribution in [0.5, 0.6) is 0 Å². The third-order valence-corrected chi connectivity index (χ3v) is 4.19. The summed E-state index contributed by atoms with van der Waals surface area (Å²) >= 11 is 0. The summed E-state index contributed by atoms with van der Waals surface area (Å²) in [5.41, 5.74) is 1.03. The number of fused-ring (bicyclic) bond motifs is 1. The molecule has 0 bridgehead atoms. The maximum absolute atomic E-state index is 4.82. The molecule has 1 aromatic heterocycles. The predicted octanol–water partition coefficient (Wildman–Crippen LogP) is 3.83. The number of benzene rings is 1. The summed E-state index contributed by atoms with van der Waals surface area (Å²) in [6.45, 7) is 6.46. The Morgan fingerprint density at radius 3 is 2.90 bits per heavy atom. The molecule has 21 heavy (non-hydrogen) atoms. The fourth-order valence-electron chi connectivity index (χ4n) is 3.01. The Morgan fingerprint density at radius 2 is 2.10 bits per heavy atom. The van der Waals surface area contributed by atoms with Crippen molar-refractivity contribution in [1.29, 1.82) is 0 Å². The normalized spacial score (nSPS) is 19.0. The predicted molar refractivity (Wildman–Crippen MR) is 89.0 cm³/mol. The van der Waals surface area contributed by atoms with E-state index in [-0.39, 0.29) is 0 Å². The zero-order chi connectivity index (χ0) is 14.7. The van der Waals surface area contributed by atoms with Crippen LogP contribution in [0.1, 0.15) is 39.5 Å². The molecular formula is C17H24N4. The lowest BCUT2D eigenvalue weighted by atomic mass is 10.0. The van der Waals surface area contributed by atoms with Gasteiger partial charge in [0.2, 0.25) is 5.95 Å². The summed E-state index contributed by atoms with van der Waals surface area (Å²) in [6, 6.07) is 8.88. The molecule has 0 aliphatic carbocycles. The minimum atomic E-state index is 0.552. The first kappa shape index (κ1) is 14.1. The molecule has 112 valence electrons. The molecule has 3 rings (SSSR count). The van der Waals surface area contributed by atoms with Gasteiger partial charge in [-0.2, -0.15) is 4.98 Å². The first-order chi connectivity index (χ1) is 10.3. The Labute approximate surface area is 126 Å². The molecule has 1 fully saturated rings. The smallest absolute Gasteiger partial charge is 0.225 e. The van der Waals surface area contributed by atoms with E-state index in [1.807, 2.05) is 6.07 Å². The maximum Gasteiger partial charge on any atom is 0.225 e. The molecule has 2 heterocycles. The fourth-order valence-corrected chi connectivity index (χ4v) is 3.01. The Balaban J connectivity index is 2.05. The van der Waals surface area contributed by atoms with Crippen molar-refractivity contribution in [1.82, 2.24) is 9.97 Å². The average molecular weight is 284 g/mol. The van der Waals surface area contributed by atoms with Crippen LogP contribution in [0.25, 0.3) is 10.9 Å². The standard InChI is InChI=1S/C17H24N4/c1-3-11-18-17-19-15-10-5-4-9-14(15)16(20-17)21-12-7-6-8-13(21)2/h4-5,9-10,13H,3,6-8,11-12H2,1-2H3,(H,18,19,20). The Bertz CT molecular complexity index is 611. The van der Waals surface area contributed by atoms with E-state index >= 15 is 0 Å². The van der Waals surface area contributed by atoms with Gasteiger partial charge in [0.05, 0.1) is 5.52 Å². The summed E-state index contributed by atoms with van der Waals surface area (Å²) in [5, 5.41) is 4.49. The molecule has 0 radical (unpaired) electrons. The van der Waals surface area contributed by atoms with Crippen molar-refractivity contribution >= 4 is 22.7 Å². The number of aromatic nitrogens is 2. The highest BCUT2D eigenvalue weighted by molar-refractivity contribution is 5.90. The van der Waals surface area contributed by atoms with Gasteiger partial charge in [-0.15, -0.1) is 0 Å². The van der Waals surface area contributed by atoms with Gasteiger partial charge in [-0.25, -0.2) is 4.98 Å². The number of nitrogens with one attached hydrogen (secondary N) is 1. The molecule has 1 aliphatic rings. The molecule has 4 heteroatoms. The van der Waals surface area contributed by atoms with Gasteiger partial charge in [0.15, 0.2) is 0 Å². The first-order valence-corrected chi connectivity index (χ1v) is 8.07. The van der Waals surface area contributed by atoms with Crippen LogP contribution in [0, 0.1) is 0 Å². The quantitative estimate of drug-likeness (QED) is 0.926. The lowest BCUT2D eigenvalue weighted by Gasteiger charge is -2.35. The van der Waals surface area contributed by atoms with E-state index in [1.54, 1.807) is 0 Å². The van der Waals surface area contributed by atoms with Gasteiger partial charge in [-0.1, -0.05) is 19.1 Å². The van der Waals surface area contributed by atoms with E-state index in [4.69, 9.17) is 4.98 Å². The summed E-state index contributed by atoms with van der Waals surface area (Å²) in [4.78, 5) is 11.9. The van der Waals surface area contributed by atoms with Crippen molar-refractivity contribution in [3.05, 3.63) is 24.3 Å². The van der Waals surface area contributed by atoms with Crippen molar-refractivity contribution in [3.63, 3.8) is 0 Å². The monoisotopic (exact) mass is 284 g/mol. The van der Waals surface area contributed by atoms with E-state index in [1.165, 1.54) is 19.3 Å². The molecular weight excluding hydrogens is 260 g/mol. The summed E-state index contributed by atoms with van der Waals surface area (Å²) in [5.74, 6) is 1.84. The second-order valence-corrected chi connectivity index (χ2v) is 5.85. The minimum absolute atomic E-state index is 0.552. The van der Waals surface area contributed by atoms with Gasteiger partial charge in [-0.3, -0.25) is 0 Å². The van der Waals surface area contributed by atoms with Crippen LogP contribution >= 0.6 is 0 Å². The second-order valence-electron chi connectivity index (χ2n) is 5.85. The maximum atomic E-state index is 4.82. The SMILES string of the molecule is CCCNc1nc(N2CCCCC2C)c2ccccc2n1. The Morgan fingerprint density at radius 1 is 1.24 bits per heavy atom. The van der Waals surface area contributed by atoms with Gasteiger partial charge in [0.1, 0.15) is 5.82 Å². The van der Waals surface area contributed by atoms with Crippen molar-refractivity contribution in [3.8, 4) is 0 Å². The Hall–Kier alpha value is -1.84. The largest absolute Gasteiger partial charge is 0.354 e. The molecule has 1 aromatic carbocycles. The highest BCUT2D eigenvalue weighted by Gasteiger charge is 2.22. The van der Waals surface area contributed by atoms with Crippen molar-refractivity contribution in [2.75, 3.05) is 23.3 Å². The molecule has 2 aromatic rings. The van der Waals surface area contributed by atoms with Crippen LogP contribution in [0.2, 0.25) is 0 Å². The zero-order valence-corrected chi connectivity index (χ0v) is 13.0.